The molecule has 0 radical (unpaired) electrons. The van der Waals surface area contributed by atoms with E-state index in [0.717, 1.165) is 11.3 Å². The fraction of sp³-hybridized carbons (Fsp3) is 0.583. The third-order valence-corrected chi connectivity index (χ3v) is 3.62. The lowest BCUT2D eigenvalue weighted by molar-refractivity contribution is -0.179. The van der Waals surface area contributed by atoms with E-state index in [1.54, 1.807) is 18.5 Å². The minimum absolute atomic E-state index is 0.139. The molecule has 0 aromatic carbocycles. The summed E-state index contributed by atoms with van der Waals surface area (Å²) in [5.41, 5.74) is 1.77. The maximum atomic E-state index is 12.6. The first-order valence-corrected chi connectivity index (χ1v) is 6.36. The molecule has 1 aromatic rings. The van der Waals surface area contributed by atoms with Gasteiger partial charge in [-0.25, -0.2) is 0 Å². The number of pyridine rings is 1. The zero-order valence-corrected chi connectivity index (χ0v) is 10.5. The SMILES string of the molecule is FC(F)(F)C1CCN(c2cnccc2CCl)CC1. The lowest BCUT2D eigenvalue weighted by Gasteiger charge is -2.35. The molecule has 1 fully saturated rings. The normalized spacial score (nSPS) is 18.1. The monoisotopic (exact) mass is 278 g/mol. The Morgan fingerprint density at radius 2 is 2.00 bits per heavy atom. The standard InChI is InChI=1S/C12H14ClF3N2/c13-7-9-1-4-17-8-11(9)18-5-2-10(3-6-18)12(14,15)16/h1,4,8,10H,2-3,5-7H2. The van der Waals surface area contributed by atoms with Crippen molar-refractivity contribution in [2.24, 2.45) is 5.92 Å². The van der Waals surface area contributed by atoms with E-state index < -0.39 is 12.1 Å². The molecule has 1 aliphatic rings. The predicted octanol–water partition coefficient (Wildman–Crippen LogP) is 3.60. The van der Waals surface area contributed by atoms with Gasteiger partial charge in [0.2, 0.25) is 0 Å². The van der Waals surface area contributed by atoms with E-state index in [1.807, 2.05) is 4.90 Å². The molecule has 2 rings (SSSR count). The van der Waals surface area contributed by atoms with Crippen molar-refractivity contribution in [1.29, 1.82) is 0 Å². The zero-order valence-electron chi connectivity index (χ0n) is 9.75. The molecule has 0 atom stereocenters. The summed E-state index contributed by atoms with van der Waals surface area (Å²) < 4.78 is 37.7. The number of anilines is 1. The Labute approximate surface area is 109 Å². The van der Waals surface area contributed by atoms with Crippen molar-refractivity contribution >= 4 is 17.3 Å². The number of alkyl halides is 4. The lowest BCUT2D eigenvalue weighted by Crippen LogP contribution is -2.39. The third-order valence-electron chi connectivity index (χ3n) is 3.33. The number of halogens is 4. The molecule has 0 aliphatic carbocycles. The van der Waals surface area contributed by atoms with Crippen LogP contribution in [0.4, 0.5) is 18.9 Å². The summed E-state index contributed by atoms with van der Waals surface area (Å²) in [4.78, 5) is 5.95. The summed E-state index contributed by atoms with van der Waals surface area (Å²) in [5, 5.41) is 0. The van der Waals surface area contributed by atoms with Crippen molar-refractivity contribution in [3.05, 3.63) is 24.0 Å². The highest BCUT2D eigenvalue weighted by atomic mass is 35.5. The van der Waals surface area contributed by atoms with Crippen molar-refractivity contribution < 1.29 is 13.2 Å². The van der Waals surface area contributed by atoms with Gasteiger partial charge in [-0.15, -0.1) is 11.6 Å². The molecule has 0 saturated carbocycles. The van der Waals surface area contributed by atoms with Gasteiger partial charge in [0, 0.05) is 25.2 Å². The summed E-state index contributed by atoms with van der Waals surface area (Å²) in [5.74, 6) is -0.832. The maximum Gasteiger partial charge on any atom is 0.391 e. The molecule has 0 bridgehead atoms. The summed E-state index contributed by atoms with van der Waals surface area (Å²) in [6.45, 7) is 0.805. The highest BCUT2D eigenvalue weighted by Crippen LogP contribution is 2.35. The minimum Gasteiger partial charge on any atom is -0.370 e. The Bertz CT molecular complexity index is 401. The van der Waals surface area contributed by atoms with Crippen molar-refractivity contribution in [2.75, 3.05) is 18.0 Å². The Hall–Kier alpha value is -0.970. The van der Waals surface area contributed by atoms with Gasteiger partial charge in [0.05, 0.1) is 17.8 Å². The van der Waals surface area contributed by atoms with Gasteiger partial charge in [-0.1, -0.05) is 0 Å². The van der Waals surface area contributed by atoms with Crippen LogP contribution in [-0.2, 0) is 5.88 Å². The van der Waals surface area contributed by atoms with Crippen molar-refractivity contribution in [2.45, 2.75) is 24.9 Å². The largest absolute Gasteiger partial charge is 0.391 e. The number of rotatable bonds is 2. The quantitative estimate of drug-likeness (QED) is 0.769. The number of hydrogen-bond donors (Lipinski definition) is 0. The minimum atomic E-state index is -4.07. The smallest absolute Gasteiger partial charge is 0.370 e. The molecule has 1 aromatic heterocycles. The first kappa shape index (κ1) is 13.5. The van der Waals surface area contributed by atoms with Crippen LogP contribution >= 0.6 is 11.6 Å². The highest BCUT2D eigenvalue weighted by molar-refractivity contribution is 6.17. The van der Waals surface area contributed by atoms with Crippen LogP contribution in [0, 0.1) is 5.92 Å². The fourth-order valence-corrected chi connectivity index (χ4v) is 2.49. The maximum absolute atomic E-state index is 12.6. The van der Waals surface area contributed by atoms with Crippen LogP contribution < -0.4 is 4.90 Å². The summed E-state index contributed by atoms with van der Waals surface area (Å²) in [6.07, 6.45) is -0.480. The number of hydrogen-bond acceptors (Lipinski definition) is 2. The van der Waals surface area contributed by atoms with Gasteiger partial charge in [0.25, 0.3) is 0 Å². The first-order chi connectivity index (χ1) is 8.52. The molecule has 2 nitrogen and oxygen atoms in total. The number of aromatic nitrogens is 1. The molecule has 100 valence electrons. The van der Waals surface area contributed by atoms with Crippen LogP contribution in [-0.4, -0.2) is 24.2 Å². The molecule has 1 aliphatic heterocycles. The highest BCUT2D eigenvalue weighted by Gasteiger charge is 2.41. The van der Waals surface area contributed by atoms with Gasteiger partial charge in [-0.2, -0.15) is 13.2 Å². The van der Waals surface area contributed by atoms with Gasteiger partial charge >= 0.3 is 6.18 Å². The Kier molecular flexibility index (Phi) is 4.00. The van der Waals surface area contributed by atoms with E-state index in [-0.39, 0.29) is 12.8 Å². The molecule has 18 heavy (non-hydrogen) atoms. The number of piperidine rings is 1. The zero-order chi connectivity index (χ0) is 13.2. The summed E-state index contributed by atoms with van der Waals surface area (Å²) in [6, 6.07) is 1.80. The first-order valence-electron chi connectivity index (χ1n) is 5.83. The lowest BCUT2D eigenvalue weighted by atomic mass is 9.96. The van der Waals surface area contributed by atoms with E-state index in [1.165, 1.54) is 0 Å². The van der Waals surface area contributed by atoms with Crippen molar-refractivity contribution in [1.82, 2.24) is 4.98 Å². The van der Waals surface area contributed by atoms with Gasteiger partial charge in [0.1, 0.15) is 0 Å². The Morgan fingerprint density at radius 3 is 2.56 bits per heavy atom. The average molecular weight is 279 g/mol. The van der Waals surface area contributed by atoms with Crippen molar-refractivity contribution in [3.8, 4) is 0 Å². The summed E-state index contributed by atoms with van der Waals surface area (Å²) >= 11 is 5.82. The average Bonchev–Trinajstić information content (AvgIpc) is 2.38. The van der Waals surface area contributed by atoms with Crippen LogP contribution in [0.15, 0.2) is 18.5 Å². The van der Waals surface area contributed by atoms with E-state index >= 15 is 0 Å². The molecular formula is C12H14ClF3N2. The molecule has 0 spiro atoms. The third kappa shape index (κ3) is 2.88. The molecule has 1 saturated heterocycles. The van der Waals surface area contributed by atoms with E-state index in [0.29, 0.717) is 19.0 Å². The van der Waals surface area contributed by atoms with E-state index in [2.05, 4.69) is 4.98 Å². The van der Waals surface area contributed by atoms with Crippen LogP contribution in [0.1, 0.15) is 18.4 Å². The number of nitrogens with zero attached hydrogens (tertiary/aromatic N) is 2. The molecular weight excluding hydrogens is 265 g/mol. The second kappa shape index (κ2) is 5.34. The molecule has 2 heterocycles. The van der Waals surface area contributed by atoms with E-state index in [4.69, 9.17) is 11.6 Å². The van der Waals surface area contributed by atoms with Crippen LogP contribution in [0.3, 0.4) is 0 Å². The van der Waals surface area contributed by atoms with Crippen LogP contribution in [0.25, 0.3) is 0 Å². The van der Waals surface area contributed by atoms with Gasteiger partial charge in [0.15, 0.2) is 0 Å². The van der Waals surface area contributed by atoms with Crippen LogP contribution in [0.2, 0.25) is 0 Å². The Balaban J connectivity index is 2.06. The van der Waals surface area contributed by atoms with E-state index in [9.17, 15) is 13.2 Å². The predicted molar refractivity (Wildman–Crippen MR) is 64.8 cm³/mol. The van der Waals surface area contributed by atoms with Crippen LogP contribution in [0.5, 0.6) is 0 Å². The second-order valence-corrected chi connectivity index (χ2v) is 4.71. The van der Waals surface area contributed by atoms with Gasteiger partial charge in [-0.05, 0) is 24.5 Å². The fourth-order valence-electron chi connectivity index (χ4n) is 2.26. The molecule has 0 unspecified atom stereocenters. The second-order valence-electron chi connectivity index (χ2n) is 4.44. The topological polar surface area (TPSA) is 16.1 Å². The van der Waals surface area contributed by atoms with Gasteiger partial charge < -0.3 is 4.90 Å². The van der Waals surface area contributed by atoms with Crippen molar-refractivity contribution in [3.63, 3.8) is 0 Å². The molecule has 0 amide bonds. The molecule has 0 N–H and O–H groups in total. The Morgan fingerprint density at radius 1 is 1.33 bits per heavy atom. The summed E-state index contributed by atoms with van der Waals surface area (Å²) in [7, 11) is 0. The van der Waals surface area contributed by atoms with Gasteiger partial charge in [-0.3, -0.25) is 4.98 Å². The molecule has 6 heteroatoms.